The molecule has 0 aliphatic rings. The van der Waals surface area contributed by atoms with Crippen molar-refractivity contribution in [1.29, 1.82) is 0 Å². The van der Waals surface area contributed by atoms with Crippen LogP contribution in [0.3, 0.4) is 0 Å². The van der Waals surface area contributed by atoms with Crippen molar-refractivity contribution in [2.75, 3.05) is 19.4 Å². The molecule has 2 N–H and O–H groups in total. The summed E-state index contributed by atoms with van der Waals surface area (Å²) in [5, 5.41) is 5.49. The molecule has 0 aliphatic carbocycles. The topological polar surface area (TPSA) is 54.0 Å². The zero-order valence-electron chi connectivity index (χ0n) is 8.93. The van der Waals surface area contributed by atoms with E-state index in [2.05, 4.69) is 15.6 Å². The average Bonchev–Trinajstić information content (AvgIpc) is 2.20. The van der Waals surface area contributed by atoms with E-state index < -0.39 is 0 Å². The highest BCUT2D eigenvalue weighted by atomic mass is 16.1. The van der Waals surface area contributed by atoms with Gasteiger partial charge in [-0.3, -0.25) is 4.79 Å². The molecule has 0 unspecified atom stereocenters. The number of anilines is 1. The van der Waals surface area contributed by atoms with Gasteiger partial charge >= 0.3 is 0 Å². The van der Waals surface area contributed by atoms with Crippen LogP contribution < -0.4 is 10.6 Å². The SMILES string of the molecule is CNC(=O)c1cc(C)c(C)nc1NC. The maximum atomic E-state index is 11.5. The van der Waals surface area contributed by atoms with E-state index in [-0.39, 0.29) is 5.91 Å². The molecule has 0 aliphatic heterocycles. The summed E-state index contributed by atoms with van der Waals surface area (Å²) in [6.45, 7) is 3.86. The smallest absolute Gasteiger partial charge is 0.254 e. The van der Waals surface area contributed by atoms with Crippen molar-refractivity contribution in [3.8, 4) is 0 Å². The molecule has 0 radical (unpaired) electrons. The molecule has 4 heteroatoms. The van der Waals surface area contributed by atoms with Crippen LogP contribution >= 0.6 is 0 Å². The zero-order chi connectivity index (χ0) is 10.7. The van der Waals surface area contributed by atoms with Gasteiger partial charge in [0, 0.05) is 19.8 Å². The summed E-state index contributed by atoms with van der Waals surface area (Å²) in [5.74, 6) is 0.498. The number of nitrogens with zero attached hydrogens (tertiary/aromatic N) is 1. The van der Waals surface area contributed by atoms with E-state index in [1.165, 1.54) is 0 Å². The number of nitrogens with one attached hydrogen (secondary N) is 2. The number of amides is 1. The summed E-state index contributed by atoms with van der Waals surface area (Å²) in [5.41, 5.74) is 2.53. The quantitative estimate of drug-likeness (QED) is 0.739. The molecule has 0 spiro atoms. The van der Waals surface area contributed by atoms with E-state index in [0.717, 1.165) is 11.3 Å². The number of rotatable bonds is 2. The lowest BCUT2D eigenvalue weighted by atomic mass is 10.1. The summed E-state index contributed by atoms with van der Waals surface area (Å²) < 4.78 is 0. The highest BCUT2D eigenvalue weighted by Crippen LogP contribution is 2.16. The molecule has 0 saturated carbocycles. The molecule has 1 amide bonds. The van der Waals surface area contributed by atoms with Gasteiger partial charge in [-0.25, -0.2) is 4.98 Å². The minimum atomic E-state index is -0.120. The van der Waals surface area contributed by atoms with Gasteiger partial charge in [0.15, 0.2) is 0 Å². The van der Waals surface area contributed by atoms with Crippen LogP contribution in [0.4, 0.5) is 5.82 Å². The standard InChI is InChI=1S/C10H15N3O/c1-6-5-8(10(14)12-4)9(11-3)13-7(6)2/h5H,1-4H3,(H,11,13)(H,12,14). The number of carbonyl (C=O) groups excluding carboxylic acids is 1. The van der Waals surface area contributed by atoms with Crippen LogP contribution in [0.5, 0.6) is 0 Å². The van der Waals surface area contributed by atoms with E-state index in [1.54, 1.807) is 14.1 Å². The predicted octanol–water partition coefficient (Wildman–Crippen LogP) is 1.10. The molecular weight excluding hydrogens is 178 g/mol. The Morgan fingerprint density at radius 1 is 1.36 bits per heavy atom. The lowest BCUT2D eigenvalue weighted by Crippen LogP contribution is -2.20. The molecule has 1 rings (SSSR count). The molecule has 0 fully saturated rings. The van der Waals surface area contributed by atoms with Crippen LogP contribution in [0.25, 0.3) is 0 Å². The minimum Gasteiger partial charge on any atom is -0.372 e. The molecule has 1 aromatic rings. The van der Waals surface area contributed by atoms with Crippen LogP contribution in [0.15, 0.2) is 6.07 Å². The van der Waals surface area contributed by atoms with Crippen LogP contribution in [0, 0.1) is 13.8 Å². The normalized spacial score (nSPS) is 9.71. The Morgan fingerprint density at radius 2 is 2.00 bits per heavy atom. The third-order valence-electron chi connectivity index (χ3n) is 2.17. The van der Waals surface area contributed by atoms with Gasteiger partial charge in [-0.05, 0) is 25.5 Å². The van der Waals surface area contributed by atoms with Crippen molar-refractivity contribution in [3.63, 3.8) is 0 Å². The van der Waals surface area contributed by atoms with E-state index in [4.69, 9.17) is 0 Å². The molecule has 0 saturated heterocycles. The van der Waals surface area contributed by atoms with Gasteiger partial charge < -0.3 is 10.6 Å². The Hall–Kier alpha value is -1.58. The maximum absolute atomic E-state index is 11.5. The molecule has 0 aromatic carbocycles. The first-order valence-electron chi connectivity index (χ1n) is 4.48. The van der Waals surface area contributed by atoms with E-state index in [1.807, 2.05) is 19.9 Å². The molecule has 1 heterocycles. The highest BCUT2D eigenvalue weighted by molar-refractivity contribution is 5.98. The number of hydrogen-bond acceptors (Lipinski definition) is 3. The van der Waals surface area contributed by atoms with Gasteiger partial charge in [-0.15, -0.1) is 0 Å². The Morgan fingerprint density at radius 3 is 2.50 bits per heavy atom. The Kier molecular flexibility index (Phi) is 3.06. The van der Waals surface area contributed by atoms with Gasteiger partial charge in [0.05, 0.1) is 5.56 Å². The van der Waals surface area contributed by atoms with Gasteiger partial charge in [0.2, 0.25) is 0 Å². The van der Waals surface area contributed by atoms with Crippen molar-refractivity contribution in [2.24, 2.45) is 0 Å². The van der Waals surface area contributed by atoms with Crippen molar-refractivity contribution in [1.82, 2.24) is 10.3 Å². The number of aryl methyl sites for hydroxylation is 2. The number of hydrogen-bond donors (Lipinski definition) is 2. The lowest BCUT2D eigenvalue weighted by molar-refractivity contribution is 0.0963. The van der Waals surface area contributed by atoms with E-state index >= 15 is 0 Å². The second kappa shape index (κ2) is 4.09. The van der Waals surface area contributed by atoms with Crippen molar-refractivity contribution >= 4 is 11.7 Å². The highest BCUT2D eigenvalue weighted by Gasteiger charge is 2.11. The fourth-order valence-electron chi connectivity index (χ4n) is 1.20. The Balaban J connectivity index is 3.27. The van der Waals surface area contributed by atoms with E-state index in [0.29, 0.717) is 11.4 Å². The zero-order valence-corrected chi connectivity index (χ0v) is 8.93. The summed E-state index contributed by atoms with van der Waals surface area (Å²) >= 11 is 0. The Labute approximate surface area is 83.7 Å². The van der Waals surface area contributed by atoms with Gasteiger partial charge in [-0.1, -0.05) is 0 Å². The van der Waals surface area contributed by atoms with Gasteiger partial charge in [0.25, 0.3) is 5.91 Å². The van der Waals surface area contributed by atoms with Crippen LogP contribution in [0.2, 0.25) is 0 Å². The summed E-state index contributed by atoms with van der Waals surface area (Å²) in [4.78, 5) is 15.8. The largest absolute Gasteiger partial charge is 0.372 e. The van der Waals surface area contributed by atoms with Crippen molar-refractivity contribution in [2.45, 2.75) is 13.8 Å². The van der Waals surface area contributed by atoms with E-state index in [9.17, 15) is 4.79 Å². The number of carbonyl (C=O) groups is 1. The molecule has 0 atom stereocenters. The third-order valence-corrected chi connectivity index (χ3v) is 2.17. The van der Waals surface area contributed by atoms with Crippen LogP contribution in [0.1, 0.15) is 21.6 Å². The molecule has 0 bridgehead atoms. The maximum Gasteiger partial charge on any atom is 0.254 e. The lowest BCUT2D eigenvalue weighted by Gasteiger charge is -2.09. The van der Waals surface area contributed by atoms with Gasteiger partial charge in [-0.2, -0.15) is 0 Å². The first-order valence-corrected chi connectivity index (χ1v) is 4.48. The van der Waals surface area contributed by atoms with Crippen molar-refractivity contribution in [3.05, 3.63) is 22.9 Å². The second-order valence-corrected chi connectivity index (χ2v) is 3.12. The second-order valence-electron chi connectivity index (χ2n) is 3.12. The van der Waals surface area contributed by atoms with Gasteiger partial charge in [0.1, 0.15) is 5.82 Å². The minimum absolute atomic E-state index is 0.120. The summed E-state index contributed by atoms with van der Waals surface area (Å²) in [7, 11) is 3.36. The molecule has 4 nitrogen and oxygen atoms in total. The average molecular weight is 193 g/mol. The first kappa shape index (κ1) is 10.5. The molecule has 1 aromatic heterocycles. The number of pyridine rings is 1. The molecule has 76 valence electrons. The third kappa shape index (κ3) is 1.84. The summed E-state index contributed by atoms with van der Waals surface area (Å²) in [6.07, 6.45) is 0. The van der Waals surface area contributed by atoms with Crippen LogP contribution in [-0.2, 0) is 0 Å². The summed E-state index contributed by atoms with van der Waals surface area (Å²) in [6, 6.07) is 1.84. The Bertz CT molecular complexity index is 361. The number of aromatic nitrogens is 1. The molecule has 14 heavy (non-hydrogen) atoms. The molecular formula is C10H15N3O. The predicted molar refractivity (Wildman–Crippen MR) is 56.6 cm³/mol. The monoisotopic (exact) mass is 193 g/mol. The van der Waals surface area contributed by atoms with Crippen molar-refractivity contribution < 1.29 is 4.79 Å². The fourth-order valence-corrected chi connectivity index (χ4v) is 1.20. The van der Waals surface area contributed by atoms with Crippen LogP contribution in [-0.4, -0.2) is 25.0 Å². The first-order chi connectivity index (χ1) is 6.60. The fraction of sp³-hybridized carbons (Fsp3) is 0.400.